The maximum Gasteiger partial charge on any atom is 0.262 e. The number of methoxy groups -OCH3 is 1. The van der Waals surface area contributed by atoms with E-state index in [1.54, 1.807) is 56.5 Å². The zero-order chi connectivity index (χ0) is 17.6. The third-order valence-corrected chi connectivity index (χ3v) is 3.36. The van der Waals surface area contributed by atoms with Crippen LogP contribution >= 0.6 is 0 Å². The van der Waals surface area contributed by atoms with Gasteiger partial charge in [0.25, 0.3) is 5.91 Å². The van der Waals surface area contributed by atoms with E-state index in [4.69, 9.17) is 14.0 Å². The molecule has 2 aromatic carbocycles. The third kappa shape index (κ3) is 4.35. The highest BCUT2D eigenvalue weighted by atomic mass is 16.5. The molecule has 0 spiro atoms. The van der Waals surface area contributed by atoms with Crippen molar-refractivity contribution in [1.29, 1.82) is 0 Å². The summed E-state index contributed by atoms with van der Waals surface area (Å²) < 4.78 is 15.6. The number of benzene rings is 2. The van der Waals surface area contributed by atoms with Gasteiger partial charge >= 0.3 is 0 Å². The van der Waals surface area contributed by atoms with E-state index >= 15 is 0 Å². The fraction of sp³-hybridized carbons (Fsp3) is 0.167. The lowest BCUT2D eigenvalue weighted by atomic mass is 10.2. The molecule has 3 rings (SSSR count). The molecule has 0 unspecified atom stereocenters. The highest BCUT2D eigenvalue weighted by Gasteiger charge is 2.08. The van der Waals surface area contributed by atoms with Crippen molar-refractivity contribution in [2.75, 3.05) is 19.0 Å². The Morgan fingerprint density at radius 1 is 1.16 bits per heavy atom. The second kappa shape index (κ2) is 7.48. The molecule has 1 amide bonds. The highest BCUT2D eigenvalue weighted by molar-refractivity contribution is 5.91. The first-order valence-electron chi connectivity index (χ1n) is 7.61. The average Bonchev–Trinajstić information content (AvgIpc) is 3.07. The molecular formula is C18H17N3O4. The number of aryl methyl sites for hydroxylation is 1. The van der Waals surface area contributed by atoms with Crippen LogP contribution in [0.4, 0.5) is 5.69 Å². The fourth-order valence-electron chi connectivity index (χ4n) is 2.16. The number of rotatable bonds is 6. The van der Waals surface area contributed by atoms with E-state index in [-0.39, 0.29) is 12.5 Å². The summed E-state index contributed by atoms with van der Waals surface area (Å²) in [7, 11) is 1.59. The molecule has 0 saturated carbocycles. The molecule has 0 saturated heterocycles. The zero-order valence-electron chi connectivity index (χ0n) is 13.9. The van der Waals surface area contributed by atoms with Gasteiger partial charge in [-0.1, -0.05) is 17.3 Å². The number of amides is 1. The summed E-state index contributed by atoms with van der Waals surface area (Å²) in [4.78, 5) is 16.2. The van der Waals surface area contributed by atoms with Crippen LogP contribution in [0.15, 0.2) is 53.1 Å². The van der Waals surface area contributed by atoms with E-state index in [1.165, 1.54) is 0 Å². The van der Waals surface area contributed by atoms with Crippen molar-refractivity contribution in [3.8, 4) is 22.9 Å². The molecule has 0 aliphatic heterocycles. The first-order chi connectivity index (χ1) is 12.1. The van der Waals surface area contributed by atoms with Crippen molar-refractivity contribution >= 4 is 11.6 Å². The van der Waals surface area contributed by atoms with Gasteiger partial charge in [-0.15, -0.1) is 0 Å². The van der Waals surface area contributed by atoms with Gasteiger partial charge in [-0.25, -0.2) is 0 Å². The van der Waals surface area contributed by atoms with Crippen molar-refractivity contribution in [1.82, 2.24) is 10.1 Å². The molecule has 1 heterocycles. The van der Waals surface area contributed by atoms with Gasteiger partial charge in [0, 0.05) is 18.2 Å². The van der Waals surface area contributed by atoms with Crippen molar-refractivity contribution in [3.63, 3.8) is 0 Å². The molecule has 0 bridgehead atoms. The lowest BCUT2D eigenvalue weighted by Gasteiger charge is -2.08. The van der Waals surface area contributed by atoms with Crippen LogP contribution in [0, 0.1) is 6.92 Å². The molecular weight excluding hydrogens is 322 g/mol. The Bertz CT molecular complexity index is 859. The van der Waals surface area contributed by atoms with Crippen LogP contribution in [-0.4, -0.2) is 29.8 Å². The normalized spacial score (nSPS) is 10.3. The summed E-state index contributed by atoms with van der Waals surface area (Å²) in [6.45, 7) is 1.61. The predicted octanol–water partition coefficient (Wildman–Crippen LogP) is 3.07. The van der Waals surface area contributed by atoms with Crippen LogP contribution in [0.25, 0.3) is 11.4 Å². The molecule has 0 fully saturated rings. The standard InChI is InChI=1S/C18H17N3O4/c1-12-19-18(21-25-12)13-4-3-5-16(10-13)24-11-17(22)20-14-6-8-15(23-2)9-7-14/h3-10H,11H2,1-2H3,(H,20,22). The van der Waals surface area contributed by atoms with Crippen LogP contribution in [0.1, 0.15) is 5.89 Å². The highest BCUT2D eigenvalue weighted by Crippen LogP contribution is 2.21. The largest absolute Gasteiger partial charge is 0.497 e. The summed E-state index contributed by atoms with van der Waals surface area (Å²) in [5.74, 6) is 1.98. The van der Waals surface area contributed by atoms with Gasteiger partial charge in [0.2, 0.25) is 11.7 Å². The minimum Gasteiger partial charge on any atom is -0.497 e. The van der Waals surface area contributed by atoms with Gasteiger partial charge in [0.15, 0.2) is 6.61 Å². The first kappa shape index (κ1) is 16.5. The van der Waals surface area contributed by atoms with E-state index in [0.717, 1.165) is 11.3 Å². The smallest absolute Gasteiger partial charge is 0.262 e. The Balaban J connectivity index is 1.58. The molecule has 0 aliphatic carbocycles. The minimum absolute atomic E-state index is 0.110. The number of carbonyl (C=O) groups excluding carboxylic acids is 1. The Labute approximate surface area is 144 Å². The fourth-order valence-corrected chi connectivity index (χ4v) is 2.16. The van der Waals surface area contributed by atoms with Crippen LogP contribution in [0.5, 0.6) is 11.5 Å². The lowest BCUT2D eigenvalue weighted by molar-refractivity contribution is -0.118. The number of aromatic nitrogens is 2. The number of hydrogen-bond acceptors (Lipinski definition) is 6. The lowest BCUT2D eigenvalue weighted by Crippen LogP contribution is -2.20. The number of anilines is 1. The Morgan fingerprint density at radius 2 is 1.96 bits per heavy atom. The van der Waals surface area contributed by atoms with Crippen LogP contribution < -0.4 is 14.8 Å². The van der Waals surface area contributed by atoms with E-state index in [0.29, 0.717) is 23.2 Å². The molecule has 1 N–H and O–H groups in total. The number of hydrogen-bond donors (Lipinski definition) is 1. The van der Waals surface area contributed by atoms with Crippen LogP contribution in [0.2, 0.25) is 0 Å². The zero-order valence-corrected chi connectivity index (χ0v) is 13.9. The Kier molecular flexibility index (Phi) is 4.94. The molecule has 25 heavy (non-hydrogen) atoms. The van der Waals surface area contributed by atoms with Crippen molar-refractivity contribution in [2.45, 2.75) is 6.92 Å². The Morgan fingerprint density at radius 3 is 2.64 bits per heavy atom. The number of ether oxygens (including phenoxy) is 2. The third-order valence-electron chi connectivity index (χ3n) is 3.36. The van der Waals surface area contributed by atoms with E-state index in [2.05, 4.69) is 15.5 Å². The topological polar surface area (TPSA) is 86.5 Å². The van der Waals surface area contributed by atoms with Crippen LogP contribution in [0.3, 0.4) is 0 Å². The Hall–Kier alpha value is -3.35. The molecule has 0 radical (unpaired) electrons. The summed E-state index contributed by atoms with van der Waals surface area (Å²) in [6, 6.07) is 14.2. The maximum atomic E-state index is 12.0. The molecule has 7 nitrogen and oxygen atoms in total. The number of nitrogens with one attached hydrogen (secondary N) is 1. The quantitative estimate of drug-likeness (QED) is 0.743. The first-order valence-corrected chi connectivity index (χ1v) is 7.61. The molecule has 0 atom stereocenters. The predicted molar refractivity (Wildman–Crippen MR) is 91.6 cm³/mol. The van der Waals surface area contributed by atoms with E-state index in [9.17, 15) is 4.79 Å². The maximum absolute atomic E-state index is 12.0. The summed E-state index contributed by atoms with van der Waals surface area (Å²) >= 11 is 0. The van der Waals surface area contributed by atoms with Crippen molar-refractivity contribution < 1.29 is 18.8 Å². The molecule has 0 aliphatic rings. The monoisotopic (exact) mass is 339 g/mol. The average molecular weight is 339 g/mol. The minimum atomic E-state index is -0.258. The van der Waals surface area contributed by atoms with Gasteiger partial charge in [-0.2, -0.15) is 4.98 Å². The second-order valence-corrected chi connectivity index (χ2v) is 5.23. The van der Waals surface area contributed by atoms with Crippen LogP contribution in [-0.2, 0) is 4.79 Å². The van der Waals surface area contributed by atoms with Gasteiger partial charge < -0.3 is 19.3 Å². The van der Waals surface area contributed by atoms with Crippen molar-refractivity contribution in [2.24, 2.45) is 0 Å². The second-order valence-electron chi connectivity index (χ2n) is 5.23. The van der Waals surface area contributed by atoms with Gasteiger partial charge in [-0.3, -0.25) is 4.79 Å². The number of nitrogens with zero attached hydrogens (tertiary/aromatic N) is 2. The van der Waals surface area contributed by atoms with Gasteiger partial charge in [-0.05, 0) is 36.4 Å². The van der Waals surface area contributed by atoms with E-state index < -0.39 is 0 Å². The molecule has 1 aromatic heterocycles. The summed E-state index contributed by atoms with van der Waals surface area (Å²) in [5.41, 5.74) is 1.43. The van der Waals surface area contributed by atoms with E-state index in [1.807, 2.05) is 6.07 Å². The SMILES string of the molecule is COc1ccc(NC(=O)COc2cccc(-c3noc(C)n3)c2)cc1. The molecule has 3 aromatic rings. The summed E-state index contributed by atoms with van der Waals surface area (Å²) in [6.07, 6.45) is 0. The molecule has 128 valence electrons. The van der Waals surface area contributed by atoms with Crippen molar-refractivity contribution in [3.05, 3.63) is 54.4 Å². The van der Waals surface area contributed by atoms with Gasteiger partial charge in [0.05, 0.1) is 7.11 Å². The van der Waals surface area contributed by atoms with Gasteiger partial charge in [0.1, 0.15) is 11.5 Å². The summed E-state index contributed by atoms with van der Waals surface area (Å²) in [5, 5.41) is 6.62. The number of carbonyl (C=O) groups is 1. The molecule has 7 heteroatoms.